The summed E-state index contributed by atoms with van der Waals surface area (Å²) in [4.78, 5) is 25.0. The Kier molecular flexibility index (Phi) is 3.82. The number of H-pyrrole nitrogens is 1. The zero-order chi connectivity index (χ0) is 15.5. The minimum absolute atomic E-state index is 0.0931. The molecule has 3 amide bonds. The monoisotopic (exact) mass is 303 g/mol. The van der Waals surface area contributed by atoms with Crippen molar-refractivity contribution in [1.29, 1.82) is 0 Å². The van der Waals surface area contributed by atoms with E-state index in [1.807, 2.05) is 19.1 Å². The summed E-state index contributed by atoms with van der Waals surface area (Å²) in [6.45, 7) is 4.03. The average molecular weight is 303 g/mol. The van der Waals surface area contributed by atoms with E-state index in [1.54, 1.807) is 11.0 Å². The zero-order valence-electron chi connectivity index (χ0n) is 12.2. The molecule has 1 aliphatic heterocycles. The maximum Gasteiger partial charge on any atom is 0.317 e. The number of amides is 3. The summed E-state index contributed by atoms with van der Waals surface area (Å²) in [6.07, 6.45) is 0. The molecule has 0 bridgehead atoms. The predicted octanol–water partition coefficient (Wildman–Crippen LogP) is 0.733. The summed E-state index contributed by atoms with van der Waals surface area (Å²) in [5.41, 5.74) is 0.937. The minimum Gasteiger partial charge on any atom is -0.460 e. The lowest BCUT2D eigenvalue weighted by Gasteiger charge is -2.13. The highest BCUT2D eigenvalue weighted by molar-refractivity contribution is 5.93. The number of hydrogen-bond acceptors (Lipinski definition) is 4. The molecule has 1 saturated heterocycles. The van der Waals surface area contributed by atoms with Crippen molar-refractivity contribution in [3.63, 3.8) is 0 Å². The molecule has 3 rings (SSSR count). The van der Waals surface area contributed by atoms with Gasteiger partial charge >= 0.3 is 6.03 Å². The van der Waals surface area contributed by atoms with E-state index in [-0.39, 0.29) is 17.6 Å². The first kappa shape index (κ1) is 14.2. The molecule has 22 heavy (non-hydrogen) atoms. The molecule has 3 heterocycles. The van der Waals surface area contributed by atoms with Gasteiger partial charge < -0.3 is 20.0 Å². The van der Waals surface area contributed by atoms with Gasteiger partial charge in [-0.3, -0.25) is 9.89 Å². The number of furan rings is 1. The molecule has 0 saturated carbocycles. The number of aromatic nitrogens is 2. The summed E-state index contributed by atoms with van der Waals surface area (Å²) in [6, 6.07) is 5.20. The SMILES string of the molecule is Cc1ccc(-c2cc(C(=O)NCCN3CCNC3=O)n[nH]2)o1. The van der Waals surface area contributed by atoms with Crippen LogP contribution in [0.2, 0.25) is 0 Å². The van der Waals surface area contributed by atoms with Gasteiger partial charge in [0.2, 0.25) is 0 Å². The zero-order valence-corrected chi connectivity index (χ0v) is 12.2. The maximum absolute atomic E-state index is 12.0. The van der Waals surface area contributed by atoms with Crippen LogP contribution in [0.4, 0.5) is 4.79 Å². The Hall–Kier alpha value is -2.77. The molecule has 0 spiro atoms. The molecule has 0 atom stereocenters. The number of carbonyl (C=O) groups is 2. The van der Waals surface area contributed by atoms with E-state index >= 15 is 0 Å². The molecular formula is C14H17N5O3. The highest BCUT2D eigenvalue weighted by atomic mass is 16.3. The number of urea groups is 1. The van der Waals surface area contributed by atoms with E-state index in [4.69, 9.17) is 4.42 Å². The molecule has 0 unspecified atom stereocenters. The van der Waals surface area contributed by atoms with Gasteiger partial charge in [-0.25, -0.2) is 4.79 Å². The van der Waals surface area contributed by atoms with Crippen LogP contribution in [0.5, 0.6) is 0 Å². The first-order valence-corrected chi connectivity index (χ1v) is 7.06. The molecule has 8 nitrogen and oxygen atoms in total. The van der Waals surface area contributed by atoms with Gasteiger partial charge in [0.1, 0.15) is 11.5 Å². The van der Waals surface area contributed by atoms with Gasteiger partial charge in [0.05, 0.1) is 0 Å². The number of carbonyl (C=O) groups excluding carboxylic acids is 2. The van der Waals surface area contributed by atoms with Crippen LogP contribution >= 0.6 is 0 Å². The summed E-state index contributed by atoms with van der Waals surface area (Å²) < 4.78 is 5.47. The third-order valence-corrected chi connectivity index (χ3v) is 3.43. The fourth-order valence-corrected chi connectivity index (χ4v) is 2.26. The molecule has 0 aromatic carbocycles. The first-order chi connectivity index (χ1) is 10.6. The lowest BCUT2D eigenvalue weighted by Crippen LogP contribution is -2.36. The maximum atomic E-state index is 12.0. The van der Waals surface area contributed by atoms with Crippen LogP contribution in [0, 0.1) is 6.92 Å². The number of hydrogen-bond donors (Lipinski definition) is 3. The Labute approximate surface area is 126 Å². The lowest BCUT2D eigenvalue weighted by molar-refractivity contribution is 0.0945. The molecule has 0 radical (unpaired) electrons. The van der Waals surface area contributed by atoms with E-state index < -0.39 is 0 Å². The van der Waals surface area contributed by atoms with Crippen molar-refractivity contribution in [3.8, 4) is 11.5 Å². The van der Waals surface area contributed by atoms with Crippen LogP contribution in [0.25, 0.3) is 11.5 Å². The Bertz CT molecular complexity index is 690. The van der Waals surface area contributed by atoms with Crippen molar-refractivity contribution in [1.82, 2.24) is 25.7 Å². The van der Waals surface area contributed by atoms with Gasteiger partial charge in [0, 0.05) is 32.2 Å². The van der Waals surface area contributed by atoms with Crippen molar-refractivity contribution in [3.05, 3.63) is 29.7 Å². The Balaban J connectivity index is 1.54. The second-order valence-electron chi connectivity index (χ2n) is 5.05. The third-order valence-electron chi connectivity index (χ3n) is 3.43. The molecular weight excluding hydrogens is 286 g/mol. The number of aromatic amines is 1. The highest BCUT2D eigenvalue weighted by Crippen LogP contribution is 2.20. The number of nitrogens with one attached hydrogen (secondary N) is 3. The molecule has 3 N–H and O–H groups in total. The average Bonchev–Trinajstić information content (AvgIpc) is 3.20. The minimum atomic E-state index is -0.287. The van der Waals surface area contributed by atoms with Crippen LogP contribution in [0.1, 0.15) is 16.2 Å². The van der Waals surface area contributed by atoms with Crippen LogP contribution in [0.3, 0.4) is 0 Å². The Morgan fingerprint density at radius 3 is 3.05 bits per heavy atom. The second-order valence-corrected chi connectivity index (χ2v) is 5.05. The van der Waals surface area contributed by atoms with Crippen molar-refractivity contribution < 1.29 is 14.0 Å². The normalized spacial score (nSPS) is 14.2. The molecule has 8 heteroatoms. The first-order valence-electron chi connectivity index (χ1n) is 7.06. The van der Waals surface area contributed by atoms with Crippen LogP contribution in [0.15, 0.2) is 22.6 Å². The van der Waals surface area contributed by atoms with Gasteiger partial charge in [-0.05, 0) is 19.1 Å². The van der Waals surface area contributed by atoms with Crippen molar-refractivity contribution in [2.75, 3.05) is 26.2 Å². The Morgan fingerprint density at radius 1 is 1.50 bits per heavy atom. The van der Waals surface area contributed by atoms with E-state index in [0.29, 0.717) is 37.6 Å². The smallest absolute Gasteiger partial charge is 0.317 e. The molecule has 116 valence electrons. The van der Waals surface area contributed by atoms with Gasteiger partial charge in [-0.1, -0.05) is 0 Å². The topological polar surface area (TPSA) is 103 Å². The number of nitrogens with zero attached hydrogens (tertiary/aromatic N) is 2. The molecule has 2 aromatic rings. The van der Waals surface area contributed by atoms with E-state index in [2.05, 4.69) is 20.8 Å². The predicted molar refractivity (Wildman–Crippen MR) is 78.3 cm³/mol. The number of aryl methyl sites for hydroxylation is 1. The molecule has 0 aliphatic carbocycles. The summed E-state index contributed by atoms with van der Waals surface area (Å²) in [5.74, 6) is 1.14. The van der Waals surface area contributed by atoms with Gasteiger partial charge in [0.15, 0.2) is 11.5 Å². The fourth-order valence-electron chi connectivity index (χ4n) is 2.26. The van der Waals surface area contributed by atoms with E-state index in [1.165, 1.54) is 0 Å². The highest BCUT2D eigenvalue weighted by Gasteiger charge is 2.19. The largest absolute Gasteiger partial charge is 0.460 e. The van der Waals surface area contributed by atoms with E-state index in [9.17, 15) is 9.59 Å². The second kappa shape index (κ2) is 5.92. The third kappa shape index (κ3) is 2.95. The summed E-state index contributed by atoms with van der Waals surface area (Å²) >= 11 is 0. The van der Waals surface area contributed by atoms with Crippen LogP contribution < -0.4 is 10.6 Å². The standard InChI is InChI=1S/C14H17N5O3/c1-9-2-3-12(22-9)10-8-11(18-17-10)13(20)15-4-6-19-7-5-16-14(19)21/h2-3,8H,4-7H2,1H3,(H,15,20)(H,16,21)(H,17,18). The van der Waals surface area contributed by atoms with Crippen LogP contribution in [-0.2, 0) is 0 Å². The fraction of sp³-hybridized carbons (Fsp3) is 0.357. The Morgan fingerprint density at radius 2 is 2.36 bits per heavy atom. The lowest BCUT2D eigenvalue weighted by atomic mass is 10.3. The van der Waals surface area contributed by atoms with E-state index in [0.717, 1.165) is 5.76 Å². The van der Waals surface area contributed by atoms with Crippen molar-refractivity contribution in [2.24, 2.45) is 0 Å². The summed E-state index contributed by atoms with van der Waals surface area (Å²) in [7, 11) is 0. The van der Waals surface area contributed by atoms with Crippen molar-refractivity contribution in [2.45, 2.75) is 6.92 Å². The van der Waals surface area contributed by atoms with Crippen molar-refractivity contribution >= 4 is 11.9 Å². The quantitative estimate of drug-likeness (QED) is 0.757. The molecule has 1 aliphatic rings. The summed E-state index contributed by atoms with van der Waals surface area (Å²) in [5, 5.41) is 12.2. The van der Waals surface area contributed by atoms with Gasteiger partial charge in [-0.2, -0.15) is 5.10 Å². The number of rotatable bonds is 5. The van der Waals surface area contributed by atoms with Gasteiger partial charge in [0.25, 0.3) is 5.91 Å². The molecule has 1 fully saturated rings. The van der Waals surface area contributed by atoms with Gasteiger partial charge in [-0.15, -0.1) is 0 Å². The molecule has 2 aromatic heterocycles. The van der Waals surface area contributed by atoms with Crippen LogP contribution in [-0.4, -0.2) is 53.2 Å².